The molecule has 0 aromatic carbocycles. The van der Waals surface area contributed by atoms with E-state index in [1.54, 1.807) is 14.2 Å². The first-order chi connectivity index (χ1) is 10.1. The van der Waals surface area contributed by atoms with Crippen molar-refractivity contribution in [2.45, 2.75) is 32.0 Å². The Labute approximate surface area is 129 Å². The van der Waals surface area contributed by atoms with Gasteiger partial charge in [-0.25, -0.2) is 9.67 Å². The van der Waals surface area contributed by atoms with E-state index in [9.17, 15) is 0 Å². The molecule has 0 radical (unpaired) electrons. The summed E-state index contributed by atoms with van der Waals surface area (Å²) in [4.78, 5) is 8.63. The number of methoxy groups -OCH3 is 1. The number of fused-ring (bicyclic) bond motifs is 1. The molecule has 0 saturated carbocycles. The average Bonchev–Trinajstić information content (AvgIpc) is 2.85. The van der Waals surface area contributed by atoms with Crippen LogP contribution in [0.3, 0.4) is 0 Å². The van der Waals surface area contributed by atoms with Gasteiger partial charge in [0.25, 0.3) is 0 Å². The molecule has 1 unspecified atom stereocenters. The number of halogens is 1. The van der Waals surface area contributed by atoms with E-state index in [4.69, 9.17) is 16.3 Å². The Hall–Kier alpha value is -1.60. The van der Waals surface area contributed by atoms with Gasteiger partial charge in [0, 0.05) is 31.7 Å². The first-order valence-corrected chi connectivity index (χ1v) is 7.22. The second-order valence-corrected chi connectivity index (χ2v) is 5.42. The zero-order valence-corrected chi connectivity index (χ0v) is 13.2. The Morgan fingerprint density at radius 3 is 3.10 bits per heavy atom. The van der Waals surface area contributed by atoms with Crippen LogP contribution in [0.2, 0.25) is 0 Å². The van der Waals surface area contributed by atoms with Crippen LogP contribution in [0.25, 0.3) is 0 Å². The Bertz CT molecular complexity index is 527. The number of aryl methyl sites for hydroxylation is 1. The highest BCUT2D eigenvalue weighted by atomic mass is 35.5. The van der Waals surface area contributed by atoms with Crippen molar-refractivity contribution < 1.29 is 4.74 Å². The lowest BCUT2D eigenvalue weighted by molar-refractivity contribution is 0.177. The molecule has 2 N–H and O–H groups in total. The number of ether oxygens (including phenoxy) is 1. The van der Waals surface area contributed by atoms with Crippen molar-refractivity contribution in [3.63, 3.8) is 0 Å². The van der Waals surface area contributed by atoms with Gasteiger partial charge in [0.1, 0.15) is 12.4 Å². The van der Waals surface area contributed by atoms with Gasteiger partial charge in [-0.05, 0) is 6.42 Å². The van der Waals surface area contributed by atoms with E-state index >= 15 is 0 Å². The van der Waals surface area contributed by atoms with Crippen molar-refractivity contribution in [2.75, 3.05) is 20.7 Å². The largest absolute Gasteiger partial charge is 0.377 e. The Morgan fingerprint density at radius 1 is 1.62 bits per heavy atom. The maximum Gasteiger partial charge on any atom is 0.191 e. The van der Waals surface area contributed by atoms with Crippen LogP contribution in [0.15, 0.2) is 16.6 Å². The van der Waals surface area contributed by atoms with Gasteiger partial charge in [0.15, 0.2) is 11.8 Å². The molecule has 7 nitrogen and oxygen atoms in total. The van der Waals surface area contributed by atoms with E-state index in [1.165, 1.54) is 0 Å². The predicted octanol–water partition coefficient (Wildman–Crippen LogP) is 0.657. The molecular formula is C13H21ClN6O. The second-order valence-electron chi connectivity index (χ2n) is 4.88. The number of nitrogens with zero attached hydrogens (tertiary/aromatic N) is 4. The molecule has 0 amide bonds. The van der Waals surface area contributed by atoms with Crippen molar-refractivity contribution >= 4 is 17.6 Å². The summed E-state index contributed by atoms with van der Waals surface area (Å²) in [6, 6.07) is 0.254. The summed E-state index contributed by atoms with van der Waals surface area (Å²) in [6.45, 7) is 5.33. The van der Waals surface area contributed by atoms with Crippen LogP contribution in [0.5, 0.6) is 0 Å². The molecule has 1 aromatic rings. The molecule has 2 rings (SSSR count). The lowest BCUT2D eigenvalue weighted by atomic mass is 10.1. The molecule has 1 aromatic heterocycles. The standard InChI is InChI=1S/C13H21ClN6O/c1-9(14)6-16-13(15-2)17-10-4-5-12-18-11(8-21-3)19-20(12)7-10/h10H,1,4-8H2,2-3H3,(H2,15,16,17). The van der Waals surface area contributed by atoms with Crippen molar-refractivity contribution in [3.8, 4) is 0 Å². The third-order valence-electron chi connectivity index (χ3n) is 3.19. The van der Waals surface area contributed by atoms with E-state index < -0.39 is 0 Å². The van der Waals surface area contributed by atoms with Crippen LogP contribution in [0, 0.1) is 0 Å². The molecule has 1 aliphatic rings. The summed E-state index contributed by atoms with van der Waals surface area (Å²) in [5.74, 6) is 2.45. The van der Waals surface area contributed by atoms with Gasteiger partial charge in [-0.2, -0.15) is 5.10 Å². The summed E-state index contributed by atoms with van der Waals surface area (Å²) in [7, 11) is 3.37. The number of rotatable bonds is 5. The molecule has 0 fully saturated rings. The lowest BCUT2D eigenvalue weighted by Crippen LogP contribution is -2.47. The summed E-state index contributed by atoms with van der Waals surface area (Å²) in [5, 5.41) is 11.5. The lowest BCUT2D eigenvalue weighted by Gasteiger charge is -2.25. The quantitative estimate of drug-likeness (QED) is 0.617. The minimum absolute atomic E-state index is 0.254. The number of hydrogen-bond acceptors (Lipinski definition) is 4. The second kappa shape index (κ2) is 7.42. The molecule has 0 bridgehead atoms. The SMILES string of the molecule is C=C(Cl)CNC(=NC)NC1CCc2nc(COC)nn2C1. The summed E-state index contributed by atoms with van der Waals surface area (Å²) < 4.78 is 7.00. The van der Waals surface area contributed by atoms with Crippen molar-refractivity contribution in [1.82, 2.24) is 25.4 Å². The van der Waals surface area contributed by atoms with Gasteiger partial charge in [0.05, 0.1) is 13.1 Å². The smallest absolute Gasteiger partial charge is 0.191 e. The number of aliphatic imine (C=N–C) groups is 1. The van der Waals surface area contributed by atoms with Gasteiger partial charge >= 0.3 is 0 Å². The van der Waals surface area contributed by atoms with E-state index in [0.717, 1.165) is 31.0 Å². The first-order valence-electron chi connectivity index (χ1n) is 6.84. The normalized spacial score (nSPS) is 18.2. The Balaban J connectivity index is 1.92. The fourth-order valence-corrected chi connectivity index (χ4v) is 2.30. The minimum atomic E-state index is 0.254. The van der Waals surface area contributed by atoms with Crippen molar-refractivity contribution in [1.29, 1.82) is 0 Å². The van der Waals surface area contributed by atoms with Gasteiger partial charge in [-0.15, -0.1) is 0 Å². The van der Waals surface area contributed by atoms with Crippen molar-refractivity contribution in [3.05, 3.63) is 23.3 Å². The van der Waals surface area contributed by atoms with Gasteiger partial charge < -0.3 is 15.4 Å². The number of hydrogen-bond donors (Lipinski definition) is 2. The maximum atomic E-state index is 5.75. The van der Waals surface area contributed by atoms with Crippen LogP contribution < -0.4 is 10.6 Å². The zero-order chi connectivity index (χ0) is 15.2. The van der Waals surface area contributed by atoms with E-state index in [2.05, 4.69) is 32.3 Å². The summed E-state index contributed by atoms with van der Waals surface area (Å²) >= 11 is 5.75. The zero-order valence-electron chi connectivity index (χ0n) is 12.4. The van der Waals surface area contributed by atoms with Crippen LogP contribution >= 0.6 is 11.6 Å². The predicted molar refractivity (Wildman–Crippen MR) is 82.3 cm³/mol. The number of nitrogens with one attached hydrogen (secondary N) is 2. The molecule has 0 spiro atoms. The highest BCUT2D eigenvalue weighted by Crippen LogP contribution is 2.13. The Kier molecular flexibility index (Phi) is 5.58. The Morgan fingerprint density at radius 2 is 2.43 bits per heavy atom. The highest BCUT2D eigenvalue weighted by molar-refractivity contribution is 6.29. The van der Waals surface area contributed by atoms with Gasteiger partial charge in [0.2, 0.25) is 0 Å². The molecule has 21 heavy (non-hydrogen) atoms. The van der Waals surface area contributed by atoms with Gasteiger partial charge in [-0.3, -0.25) is 4.99 Å². The topological polar surface area (TPSA) is 76.4 Å². The molecular weight excluding hydrogens is 292 g/mol. The van der Waals surface area contributed by atoms with Crippen molar-refractivity contribution in [2.24, 2.45) is 4.99 Å². The van der Waals surface area contributed by atoms with E-state index in [1.807, 2.05) is 4.68 Å². The first kappa shape index (κ1) is 15.8. The van der Waals surface area contributed by atoms with Crippen LogP contribution in [0.1, 0.15) is 18.1 Å². The van der Waals surface area contributed by atoms with E-state index in [-0.39, 0.29) is 6.04 Å². The average molecular weight is 313 g/mol. The maximum absolute atomic E-state index is 5.75. The molecule has 116 valence electrons. The third-order valence-corrected chi connectivity index (χ3v) is 3.32. The van der Waals surface area contributed by atoms with Gasteiger partial charge in [-0.1, -0.05) is 18.2 Å². The fourth-order valence-electron chi connectivity index (χ4n) is 2.24. The molecule has 8 heteroatoms. The van der Waals surface area contributed by atoms with Crippen LogP contribution in [-0.2, 0) is 24.3 Å². The highest BCUT2D eigenvalue weighted by Gasteiger charge is 2.22. The summed E-state index contributed by atoms with van der Waals surface area (Å²) in [6.07, 6.45) is 1.86. The van der Waals surface area contributed by atoms with Crippen LogP contribution in [-0.4, -0.2) is 47.5 Å². The monoisotopic (exact) mass is 312 g/mol. The van der Waals surface area contributed by atoms with E-state index in [0.29, 0.717) is 24.1 Å². The molecule has 1 aliphatic heterocycles. The third kappa shape index (κ3) is 4.44. The van der Waals surface area contributed by atoms with Crippen LogP contribution in [0.4, 0.5) is 0 Å². The summed E-state index contributed by atoms with van der Waals surface area (Å²) in [5.41, 5.74) is 0. The molecule has 1 atom stereocenters. The molecule has 2 heterocycles. The number of guanidine groups is 1. The molecule has 0 saturated heterocycles. The number of aromatic nitrogens is 3. The fraction of sp³-hybridized carbons (Fsp3) is 0.615. The minimum Gasteiger partial charge on any atom is -0.377 e. The molecule has 0 aliphatic carbocycles.